The van der Waals surface area contributed by atoms with Crippen LogP contribution >= 0.6 is 0 Å². The van der Waals surface area contributed by atoms with Crippen molar-refractivity contribution in [3.63, 3.8) is 0 Å². The summed E-state index contributed by atoms with van der Waals surface area (Å²) >= 11 is 0. The van der Waals surface area contributed by atoms with E-state index in [0.29, 0.717) is 10.9 Å². The molecule has 1 heterocycles. The smallest absolute Gasteiger partial charge is 0.503 e. The number of nitrogens with zero attached hydrogens (tertiary/aromatic N) is 1. The first-order valence-electron chi connectivity index (χ1n) is 7.81. The number of benzene rings is 1. The fourth-order valence-electron chi connectivity index (χ4n) is 3.09. The average Bonchev–Trinajstić information content (AvgIpc) is 2.53. The molecule has 0 unspecified atom stereocenters. The molecule has 0 aliphatic heterocycles. The molecule has 3 N–H and O–H groups in total. The molecule has 1 aliphatic carbocycles. The second kappa shape index (κ2) is 7.58. The first-order chi connectivity index (χ1) is 11.7. The number of phenolic OH excluding ortho intramolecular Hbond substituents is 1. The maximum Gasteiger partial charge on any atom is 0.503 e. The number of hydrogen-bond acceptors (Lipinski definition) is 3. The molecule has 1 fully saturated rings. The van der Waals surface area contributed by atoms with Crippen molar-refractivity contribution < 1.29 is 33.3 Å². The summed E-state index contributed by atoms with van der Waals surface area (Å²) in [6.45, 7) is 0. The number of carbonyl (C=O) groups is 1. The molecule has 0 bridgehead atoms. The van der Waals surface area contributed by atoms with Gasteiger partial charge < -0.3 is 15.3 Å². The zero-order chi connectivity index (χ0) is 18.6. The number of rotatable bonds is 1. The second-order valence-electron chi connectivity index (χ2n) is 5.91. The predicted octanol–water partition coefficient (Wildman–Crippen LogP) is 5.23. The van der Waals surface area contributed by atoms with Crippen molar-refractivity contribution in [1.82, 2.24) is 4.98 Å². The molecule has 2 aromatic rings. The minimum Gasteiger partial charge on any atom is -0.508 e. The van der Waals surface area contributed by atoms with Gasteiger partial charge in [-0.2, -0.15) is 13.2 Å². The van der Waals surface area contributed by atoms with E-state index in [1.165, 1.54) is 12.1 Å². The van der Waals surface area contributed by atoms with E-state index in [9.17, 15) is 18.3 Å². The number of carboxylic acid groups (broad SMARTS) is 2. The van der Waals surface area contributed by atoms with Gasteiger partial charge >= 0.3 is 12.3 Å². The van der Waals surface area contributed by atoms with Crippen LogP contribution in [0.1, 0.15) is 49.3 Å². The van der Waals surface area contributed by atoms with Crippen molar-refractivity contribution in [3.8, 4) is 5.75 Å². The Morgan fingerprint density at radius 3 is 2.24 bits per heavy atom. The van der Waals surface area contributed by atoms with Crippen molar-refractivity contribution in [2.24, 2.45) is 0 Å². The molecule has 0 atom stereocenters. The number of halogens is 3. The number of aromatic hydroxyl groups is 1. The summed E-state index contributed by atoms with van der Waals surface area (Å²) in [5, 5.41) is 23.7. The molecule has 5 nitrogen and oxygen atoms in total. The van der Waals surface area contributed by atoms with Gasteiger partial charge in [-0.3, -0.25) is 4.98 Å². The highest BCUT2D eigenvalue weighted by atomic mass is 19.4. The number of hydrogen-bond donors (Lipinski definition) is 3. The summed E-state index contributed by atoms with van der Waals surface area (Å²) in [5.41, 5.74) is 0.00858. The minimum absolute atomic E-state index is 0.0529. The lowest BCUT2D eigenvalue weighted by molar-refractivity contribution is -0.138. The van der Waals surface area contributed by atoms with E-state index < -0.39 is 17.9 Å². The molecule has 8 heteroatoms. The van der Waals surface area contributed by atoms with Crippen LogP contribution in [0.25, 0.3) is 10.9 Å². The third-order valence-corrected chi connectivity index (χ3v) is 4.13. The Morgan fingerprint density at radius 2 is 1.68 bits per heavy atom. The molecule has 1 aliphatic rings. The Hall–Kier alpha value is -2.51. The molecule has 0 amide bonds. The number of aromatic nitrogens is 1. The molecule has 3 rings (SSSR count). The van der Waals surface area contributed by atoms with Gasteiger partial charge in [-0.05, 0) is 37.1 Å². The van der Waals surface area contributed by atoms with E-state index in [1.54, 1.807) is 6.07 Å². The molecule has 0 saturated heterocycles. The Morgan fingerprint density at radius 1 is 1.08 bits per heavy atom. The molecule has 0 radical (unpaired) electrons. The average molecular weight is 357 g/mol. The summed E-state index contributed by atoms with van der Waals surface area (Å²) in [5.74, 6) is -0.170. The zero-order valence-corrected chi connectivity index (χ0v) is 13.3. The van der Waals surface area contributed by atoms with E-state index >= 15 is 0 Å². The molecular formula is C17H18F3NO4. The van der Waals surface area contributed by atoms with Crippen LogP contribution in [0.3, 0.4) is 0 Å². The van der Waals surface area contributed by atoms with Crippen LogP contribution < -0.4 is 0 Å². The Balaban J connectivity index is 0.000000511. The molecule has 1 aromatic carbocycles. The van der Waals surface area contributed by atoms with Gasteiger partial charge in [-0.15, -0.1) is 0 Å². The first-order valence-corrected chi connectivity index (χ1v) is 7.81. The summed E-state index contributed by atoms with van der Waals surface area (Å²) in [6, 6.07) is 5.46. The highest BCUT2D eigenvalue weighted by molar-refractivity contribution is 5.81. The van der Waals surface area contributed by atoms with Gasteiger partial charge in [0, 0.05) is 11.3 Å². The van der Waals surface area contributed by atoms with E-state index in [2.05, 4.69) is 4.98 Å². The first kappa shape index (κ1) is 18.8. The number of fused-ring (bicyclic) bond motifs is 1. The SMILES string of the molecule is O=C(O)O.Oc1ccc2nc(C3CCCCC3)c(C(F)(F)F)cc2c1. The zero-order valence-electron chi connectivity index (χ0n) is 13.3. The highest BCUT2D eigenvalue weighted by Crippen LogP contribution is 2.41. The lowest BCUT2D eigenvalue weighted by atomic mass is 9.84. The third kappa shape index (κ3) is 4.98. The summed E-state index contributed by atoms with van der Waals surface area (Å²) in [6.07, 6.45) is -1.73. The van der Waals surface area contributed by atoms with Gasteiger partial charge in [0.1, 0.15) is 5.75 Å². The third-order valence-electron chi connectivity index (χ3n) is 4.13. The molecule has 136 valence electrons. The normalized spacial score (nSPS) is 15.5. The van der Waals surface area contributed by atoms with Crippen LogP contribution in [-0.4, -0.2) is 26.5 Å². The van der Waals surface area contributed by atoms with Gasteiger partial charge in [-0.25, -0.2) is 4.79 Å². The van der Waals surface area contributed by atoms with Crippen LogP contribution in [0.5, 0.6) is 5.75 Å². The van der Waals surface area contributed by atoms with E-state index in [0.717, 1.165) is 38.2 Å². The summed E-state index contributed by atoms with van der Waals surface area (Å²) in [7, 11) is 0. The topological polar surface area (TPSA) is 90.7 Å². The van der Waals surface area contributed by atoms with Gasteiger partial charge in [-0.1, -0.05) is 19.3 Å². The molecule has 25 heavy (non-hydrogen) atoms. The van der Waals surface area contributed by atoms with Crippen LogP contribution in [0.2, 0.25) is 0 Å². The monoisotopic (exact) mass is 357 g/mol. The standard InChI is InChI=1S/C16H16F3NO.CH2O3/c17-16(18,19)13-9-11-8-12(21)6-7-14(11)20-15(13)10-4-2-1-3-5-10;2-1(3)4/h6-10,21H,1-5H2;(H2,2,3,4). The number of phenols is 1. The summed E-state index contributed by atoms with van der Waals surface area (Å²) in [4.78, 5) is 12.8. The van der Waals surface area contributed by atoms with E-state index in [4.69, 9.17) is 15.0 Å². The maximum atomic E-state index is 13.3. The van der Waals surface area contributed by atoms with Crippen molar-refractivity contribution in [1.29, 1.82) is 0 Å². The Bertz CT molecular complexity index is 751. The van der Waals surface area contributed by atoms with Gasteiger partial charge in [0.05, 0.1) is 16.8 Å². The molecule has 1 aromatic heterocycles. The van der Waals surface area contributed by atoms with Gasteiger partial charge in [0.2, 0.25) is 0 Å². The van der Waals surface area contributed by atoms with Crippen LogP contribution in [0, 0.1) is 0 Å². The van der Waals surface area contributed by atoms with Crippen LogP contribution in [0.4, 0.5) is 18.0 Å². The molecular weight excluding hydrogens is 339 g/mol. The lowest BCUT2D eigenvalue weighted by Crippen LogP contribution is -2.16. The molecule has 1 saturated carbocycles. The fourth-order valence-corrected chi connectivity index (χ4v) is 3.09. The molecule has 0 spiro atoms. The minimum atomic E-state index is -4.42. The Kier molecular flexibility index (Phi) is 5.71. The van der Waals surface area contributed by atoms with Crippen LogP contribution in [-0.2, 0) is 6.18 Å². The van der Waals surface area contributed by atoms with Gasteiger partial charge in [0.25, 0.3) is 0 Å². The van der Waals surface area contributed by atoms with Crippen molar-refractivity contribution in [2.75, 3.05) is 0 Å². The highest BCUT2D eigenvalue weighted by Gasteiger charge is 2.37. The quantitative estimate of drug-likeness (QED) is 0.650. The van der Waals surface area contributed by atoms with Crippen molar-refractivity contribution >= 4 is 17.1 Å². The van der Waals surface area contributed by atoms with E-state index in [-0.39, 0.29) is 17.4 Å². The lowest BCUT2D eigenvalue weighted by Gasteiger charge is -2.24. The predicted molar refractivity (Wildman–Crippen MR) is 84.9 cm³/mol. The van der Waals surface area contributed by atoms with Crippen LogP contribution in [0.15, 0.2) is 24.3 Å². The van der Waals surface area contributed by atoms with Gasteiger partial charge in [0.15, 0.2) is 0 Å². The largest absolute Gasteiger partial charge is 0.508 e. The van der Waals surface area contributed by atoms with E-state index in [1.807, 2.05) is 0 Å². The Labute approximate surface area is 141 Å². The fraction of sp³-hybridized carbons (Fsp3) is 0.412. The number of alkyl halides is 3. The van der Waals surface area contributed by atoms with Crippen molar-refractivity contribution in [3.05, 3.63) is 35.5 Å². The second-order valence-corrected chi connectivity index (χ2v) is 5.91. The van der Waals surface area contributed by atoms with Crippen molar-refractivity contribution in [2.45, 2.75) is 44.2 Å². The number of pyridine rings is 1. The maximum absolute atomic E-state index is 13.3. The summed E-state index contributed by atoms with van der Waals surface area (Å²) < 4.78 is 40.0.